The zero-order valence-corrected chi connectivity index (χ0v) is 17.4. The summed E-state index contributed by atoms with van der Waals surface area (Å²) >= 11 is 6.31. The molecule has 0 fully saturated rings. The van der Waals surface area contributed by atoms with Crippen LogP contribution in [0.4, 0.5) is 0 Å². The van der Waals surface area contributed by atoms with Crippen LogP contribution in [0.2, 0.25) is 5.02 Å². The van der Waals surface area contributed by atoms with Crippen LogP contribution < -0.4 is 0 Å². The standard InChI is InChI=1S/C28H21ClO/c1-3-28(18-8-7-11-25(28)21-14-12-20(2)13-15-21)26-17-16-23(29)19-24(26)27(30)22-9-5-4-6-10-22/h1,4-19,25H,2H3. The van der Waals surface area contributed by atoms with Crippen molar-refractivity contribution in [1.29, 1.82) is 0 Å². The van der Waals surface area contributed by atoms with E-state index in [1.807, 2.05) is 54.6 Å². The van der Waals surface area contributed by atoms with Gasteiger partial charge >= 0.3 is 0 Å². The largest absolute Gasteiger partial charge is 0.289 e. The molecular formula is C28H21ClO. The van der Waals surface area contributed by atoms with Crippen molar-refractivity contribution < 1.29 is 4.79 Å². The van der Waals surface area contributed by atoms with Gasteiger partial charge in [0.25, 0.3) is 0 Å². The monoisotopic (exact) mass is 408 g/mol. The molecule has 0 saturated heterocycles. The van der Waals surface area contributed by atoms with E-state index in [-0.39, 0.29) is 11.7 Å². The average molecular weight is 409 g/mol. The molecule has 4 rings (SSSR count). The number of hydrogen-bond acceptors (Lipinski definition) is 1. The highest BCUT2D eigenvalue weighted by Crippen LogP contribution is 2.45. The number of aryl methyl sites for hydroxylation is 1. The summed E-state index contributed by atoms with van der Waals surface area (Å²) in [4.78, 5) is 13.4. The van der Waals surface area contributed by atoms with E-state index in [4.69, 9.17) is 18.0 Å². The second-order valence-corrected chi connectivity index (χ2v) is 7.97. The molecule has 0 radical (unpaired) electrons. The lowest BCUT2D eigenvalue weighted by Crippen LogP contribution is -2.32. The van der Waals surface area contributed by atoms with E-state index in [0.717, 1.165) is 11.1 Å². The summed E-state index contributed by atoms with van der Waals surface area (Å²) in [5.41, 5.74) is 3.42. The Bertz CT molecular complexity index is 1180. The molecule has 2 atom stereocenters. The summed E-state index contributed by atoms with van der Waals surface area (Å²) in [5.74, 6) is 2.84. The molecule has 30 heavy (non-hydrogen) atoms. The van der Waals surface area contributed by atoms with E-state index in [1.54, 1.807) is 12.1 Å². The maximum absolute atomic E-state index is 13.4. The summed E-state index contributed by atoms with van der Waals surface area (Å²) in [6.07, 6.45) is 14.3. The van der Waals surface area contributed by atoms with Crippen molar-refractivity contribution in [3.05, 3.63) is 130 Å². The molecule has 146 valence electrons. The Morgan fingerprint density at radius 2 is 1.73 bits per heavy atom. The summed E-state index contributed by atoms with van der Waals surface area (Å²) in [5, 5.41) is 0.507. The SMILES string of the molecule is C#CC1(c2ccc(Cl)cc2C(=O)c2ccccc2)C=CC=CC1c1ccc(C)cc1. The van der Waals surface area contributed by atoms with E-state index >= 15 is 0 Å². The van der Waals surface area contributed by atoms with Crippen LogP contribution in [-0.4, -0.2) is 5.78 Å². The highest BCUT2D eigenvalue weighted by molar-refractivity contribution is 6.31. The van der Waals surface area contributed by atoms with Crippen LogP contribution in [0.25, 0.3) is 0 Å². The molecule has 0 amide bonds. The Balaban J connectivity index is 1.92. The molecule has 2 heteroatoms. The average Bonchev–Trinajstić information content (AvgIpc) is 2.79. The number of halogens is 1. The number of terminal acetylenes is 1. The fourth-order valence-electron chi connectivity index (χ4n) is 4.07. The molecule has 1 aliphatic carbocycles. The van der Waals surface area contributed by atoms with Crippen molar-refractivity contribution in [2.75, 3.05) is 0 Å². The van der Waals surface area contributed by atoms with Gasteiger partial charge in [-0.3, -0.25) is 4.79 Å². The van der Waals surface area contributed by atoms with E-state index in [2.05, 4.69) is 43.2 Å². The maximum atomic E-state index is 13.4. The predicted octanol–water partition coefficient (Wildman–Crippen LogP) is 6.66. The molecular weight excluding hydrogens is 388 g/mol. The first kappa shape index (κ1) is 20.0. The lowest BCUT2D eigenvalue weighted by molar-refractivity contribution is 0.103. The highest BCUT2D eigenvalue weighted by atomic mass is 35.5. The third-order valence-electron chi connectivity index (χ3n) is 5.65. The van der Waals surface area contributed by atoms with Crippen molar-refractivity contribution in [1.82, 2.24) is 0 Å². The smallest absolute Gasteiger partial charge is 0.193 e. The first-order chi connectivity index (χ1) is 14.5. The maximum Gasteiger partial charge on any atom is 0.193 e. The van der Waals surface area contributed by atoms with E-state index in [0.29, 0.717) is 16.1 Å². The second-order valence-electron chi connectivity index (χ2n) is 7.53. The lowest BCUT2D eigenvalue weighted by atomic mass is 9.64. The normalized spacial score (nSPS) is 20.0. The Hall–Kier alpha value is -3.34. The van der Waals surface area contributed by atoms with Gasteiger partial charge < -0.3 is 0 Å². The van der Waals surface area contributed by atoms with Gasteiger partial charge in [-0.25, -0.2) is 0 Å². The molecule has 2 unspecified atom stereocenters. The number of carbonyl (C=O) groups is 1. The van der Waals surface area contributed by atoms with Gasteiger partial charge in [0.05, 0.1) is 5.41 Å². The van der Waals surface area contributed by atoms with Gasteiger partial charge in [0, 0.05) is 22.1 Å². The summed E-state index contributed by atoms with van der Waals surface area (Å²) in [7, 11) is 0. The number of carbonyl (C=O) groups excluding carboxylic acids is 1. The van der Waals surface area contributed by atoms with E-state index in [9.17, 15) is 4.79 Å². The Labute approximate surface area is 182 Å². The van der Waals surface area contributed by atoms with Crippen LogP contribution in [0, 0.1) is 19.3 Å². The lowest BCUT2D eigenvalue weighted by Gasteiger charge is -2.36. The van der Waals surface area contributed by atoms with Crippen LogP contribution in [-0.2, 0) is 5.41 Å². The molecule has 0 aromatic heterocycles. The van der Waals surface area contributed by atoms with Crippen LogP contribution in [0.5, 0.6) is 0 Å². The number of allylic oxidation sites excluding steroid dienone is 4. The van der Waals surface area contributed by atoms with Gasteiger partial charge in [-0.05, 0) is 30.2 Å². The highest BCUT2D eigenvalue weighted by Gasteiger charge is 2.40. The van der Waals surface area contributed by atoms with Gasteiger partial charge in [-0.15, -0.1) is 6.42 Å². The van der Waals surface area contributed by atoms with Gasteiger partial charge in [0.1, 0.15) is 0 Å². The number of benzene rings is 3. The molecule has 0 bridgehead atoms. The quantitative estimate of drug-likeness (QED) is 0.348. The van der Waals surface area contributed by atoms with Crippen LogP contribution >= 0.6 is 11.6 Å². The van der Waals surface area contributed by atoms with Crippen LogP contribution in [0.1, 0.15) is 38.5 Å². The van der Waals surface area contributed by atoms with Crippen LogP contribution in [0.3, 0.4) is 0 Å². The minimum Gasteiger partial charge on any atom is -0.289 e. The summed E-state index contributed by atoms with van der Waals surface area (Å²) in [6, 6.07) is 23.0. The molecule has 3 aromatic rings. The summed E-state index contributed by atoms with van der Waals surface area (Å²) < 4.78 is 0. The second kappa shape index (κ2) is 8.19. The van der Waals surface area contributed by atoms with Crippen molar-refractivity contribution in [3.63, 3.8) is 0 Å². The van der Waals surface area contributed by atoms with Crippen molar-refractivity contribution in [2.45, 2.75) is 18.3 Å². The molecule has 3 aromatic carbocycles. The van der Waals surface area contributed by atoms with Crippen molar-refractivity contribution >= 4 is 17.4 Å². The molecule has 0 heterocycles. The summed E-state index contributed by atoms with van der Waals surface area (Å²) in [6.45, 7) is 2.06. The fraction of sp³-hybridized carbons (Fsp3) is 0.107. The van der Waals surface area contributed by atoms with E-state index in [1.165, 1.54) is 5.56 Å². The van der Waals surface area contributed by atoms with Crippen LogP contribution in [0.15, 0.2) is 97.1 Å². The molecule has 0 N–H and O–H groups in total. The van der Waals surface area contributed by atoms with Gasteiger partial charge in [0.15, 0.2) is 5.78 Å². The zero-order valence-electron chi connectivity index (χ0n) is 16.7. The predicted molar refractivity (Wildman–Crippen MR) is 124 cm³/mol. The van der Waals surface area contributed by atoms with Crippen molar-refractivity contribution in [2.24, 2.45) is 0 Å². The fourth-order valence-corrected chi connectivity index (χ4v) is 4.24. The number of hydrogen-bond donors (Lipinski definition) is 0. The Kier molecular flexibility index (Phi) is 5.44. The Morgan fingerprint density at radius 1 is 1.00 bits per heavy atom. The first-order valence-electron chi connectivity index (χ1n) is 9.85. The third-order valence-corrected chi connectivity index (χ3v) is 5.88. The Morgan fingerprint density at radius 3 is 2.43 bits per heavy atom. The number of rotatable bonds is 4. The molecule has 0 spiro atoms. The molecule has 0 saturated carbocycles. The van der Waals surface area contributed by atoms with Gasteiger partial charge in [0.2, 0.25) is 0 Å². The minimum atomic E-state index is -0.797. The first-order valence-corrected chi connectivity index (χ1v) is 10.2. The minimum absolute atomic E-state index is 0.0895. The molecule has 1 aliphatic rings. The molecule has 0 aliphatic heterocycles. The van der Waals surface area contributed by atoms with E-state index < -0.39 is 5.41 Å². The van der Waals surface area contributed by atoms with Gasteiger partial charge in [-0.1, -0.05) is 108 Å². The van der Waals surface area contributed by atoms with Crippen molar-refractivity contribution in [3.8, 4) is 12.3 Å². The number of ketones is 1. The zero-order chi connectivity index (χ0) is 21.1. The van der Waals surface area contributed by atoms with Gasteiger partial charge in [-0.2, -0.15) is 0 Å². The third kappa shape index (κ3) is 3.52. The topological polar surface area (TPSA) is 17.1 Å². The molecule has 1 nitrogen and oxygen atoms in total.